The molecule has 4 heteroatoms. The van der Waals surface area contributed by atoms with Gasteiger partial charge in [-0.25, -0.2) is 0 Å². The van der Waals surface area contributed by atoms with Crippen LogP contribution in [-0.4, -0.2) is 30.1 Å². The van der Waals surface area contributed by atoms with Crippen LogP contribution in [0, 0.1) is 0 Å². The van der Waals surface area contributed by atoms with E-state index in [0.717, 1.165) is 23.8 Å². The lowest BCUT2D eigenvalue weighted by atomic mass is 10.0. The van der Waals surface area contributed by atoms with Crippen molar-refractivity contribution in [2.75, 3.05) is 13.6 Å². The minimum Gasteiger partial charge on any atom is -0.310 e. The largest absolute Gasteiger partial charge is 0.310 e. The summed E-state index contributed by atoms with van der Waals surface area (Å²) in [5, 5.41) is 3.62. The number of nitrogens with zero attached hydrogens (tertiary/aromatic N) is 1. The first-order chi connectivity index (χ1) is 8.34. The molecule has 1 atom stereocenters. The number of thiophene rings is 1. The van der Waals surface area contributed by atoms with Crippen LogP contribution in [0.15, 0.2) is 12.1 Å². The molecule has 0 saturated heterocycles. The Kier molecular flexibility index (Phi) is 6.12. The Morgan fingerprint density at radius 3 is 2.61 bits per heavy atom. The zero-order chi connectivity index (χ0) is 13.8. The first-order valence-corrected chi connectivity index (χ1v) is 7.73. The summed E-state index contributed by atoms with van der Waals surface area (Å²) in [5.41, 5.74) is 0.224. The maximum atomic E-state index is 5.95. The molecule has 0 spiro atoms. The van der Waals surface area contributed by atoms with E-state index in [4.69, 9.17) is 11.6 Å². The molecule has 1 unspecified atom stereocenters. The fraction of sp³-hybridized carbons (Fsp3) is 0.714. The van der Waals surface area contributed by atoms with Crippen LogP contribution < -0.4 is 5.32 Å². The van der Waals surface area contributed by atoms with E-state index in [1.54, 1.807) is 11.3 Å². The maximum Gasteiger partial charge on any atom is 0.0931 e. The predicted octanol–water partition coefficient (Wildman–Crippen LogP) is 4.00. The molecule has 0 aromatic carbocycles. The van der Waals surface area contributed by atoms with Crippen molar-refractivity contribution in [3.05, 3.63) is 21.3 Å². The molecule has 0 aliphatic carbocycles. The van der Waals surface area contributed by atoms with Gasteiger partial charge in [0.25, 0.3) is 0 Å². The Morgan fingerprint density at radius 1 is 1.44 bits per heavy atom. The molecule has 0 fully saturated rings. The highest BCUT2D eigenvalue weighted by atomic mass is 35.5. The van der Waals surface area contributed by atoms with Crippen molar-refractivity contribution in [2.45, 2.75) is 52.2 Å². The minimum atomic E-state index is 0.224. The van der Waals surface area contributed by atoms with Crippen molar-refractivity contribution in [2.24, 2.45) is 0 Å². The number of rotatable bonds is 7. The van der Waals surface area contributed by atoms with Crippen LogP contribution in [0.5, 0.6) is 0 Å². The second-order valence-corrected chi connectivity index (χ2v) is 7.39. The first kappa shape index (κ1) is 16.0. The molecule has 1 rings (SSSR count). The van der Waals surface area contributed by atoms with E-state index in [1.165, 1.54) is 4.88 Å². The van der Waals surface area contributed by atoms with Crippen LogP contribution in [0.4, 0.5) is 0 Å². The number of hydrogen-bond donors (Lipinski definition) is 1. The molecule has 18 heavy (non-hydrogen) atoms. The molecular formula is C14H25ClN2S. The topological polar surface area (TPSA) is 15.3 Å². The lowest BCUT2D eigenvalue weighted by molar-refractivity contribution is 0.225. The maximum absolute atomic E-state index is 5.95. The average molecular weight is 289 g/mol. The van der Waals surface area contributed by atoms with Gasteiger partial charge in [-0.15, -0.1) is 11.3 Å². The third kappa shape index (κ3) is 5.27. The van der Waals surface area contributed by atoms with Crippen molar-refractivity contribution >= 4 is 22.9 Å². The molecule has 0 saturated carbocycles. The summed E-state index contributed by atoms with van der Waals surface area (Å²) in [7, 11) is 2.17. The van der Waals surface area contributed by atoms with Gasteiger partial charge in [0.05, 0.1) is 4.34 Å². The smallest absolute Gasteiger partial charge is 0.0931 e. The zero-order valence-corrected chi connectivity index (χ0v) is 13.7. The fourth-order valence-corrected chi connectivity index (χ4v) is 2.69. The molecular weight excluding hydrogens is 264 g/mol. The molecule has 0 aliphatic rings. The van der Waals surface area contributed by atoms with E-state index in [9.17, 15) is 0 Å². The second-order valence-electron chi connectivity index (χ2n) is 5.59. The van der Waals surface area contributed by atoms with E-state index < -0.39 is 0 Å². The van der Waals surface area contributed by atoms with Crippen molar-refractivity contribution in [1.29, 1.82) is 0 Å². The average Bonchev–Trinajstić information content (AvgIpc) is 2.71. The van der Waals surface area contributed by atoms with Gasteiger partial charge in [-0.05, 0) is 46.4 Å². The Labute approximate surface area is 120 Å². The van der Waals surface area contributed by atoms with Crippen LogP contribution in [0.25, 0.3) is 0 Å². The van der Waals surface area contributed by atoms with Gasteiger partial charge >= 0.3 is 0 Å². The number of halogens is 1. The van der Waals surface area contributed by atoms with E-state index in [1.807, 2.05) is 6.07 Å². The molecule has 104 valence electrons. The molecule has 1 heterocycles. The molecule has 2 nitrogen and oxygen atoms in total. The molecule has 0 radical (unpaired) electrons. The van der Waals surface area contributed by atoms with Crippen LogP contribution >= 0.6 is 22.9 Å². The third-order valence-corrected chi connectivity index (χ3v) is 4.76. The standard InChI is InChI=1S/C14H25ClN2S/c1-6-14(3,4)16-9-11(2)17(5)10-12-7-8-13(15)18-12/h7-8,11,16H,6,9-10H2,1-5H3. The summed E-state index contributed by atoms with van der Waals surface area (Å²) in [5.74, 6) is 0. The summed E-state index contributed by atoms with van der Waals surface area (Å²) in [6, 6.07) is 4.59. The lowest BCUT2D eigenvalue weighted by Crippen LogP contribution is -2.46. The molecule has 1 N–H and O–H groups in total. The zero-order valence-electron chi connectivity index (χ0n) is 12.1. The van der Waals surface area contributed by atoms with Crippen LogP contribution in [0.3, 0.4) is 0 Å². The van der Waals surface area contributed by atoms with Crippen molar-refractivity contribution in [1.82, 2.24) is 10.2 Å². The highest BCUT2D eigenvalue weighted by Crippen LogP contribution is 2.22. The monoisotopic (exact) mass is 288 g/mol. The molecule has 0 bridgehead atoms. The van der Waals surface area contributed by atoms with E-state index >= 15 is 0 Å². The predicted molar refractivity (Wildman–Crippen MR) is 82.6 cm³/mol. The van der Waals surface area contributed by atoms with Gasteiger partial charge in [-0.3, -0.25) is 4.90 Å². The van der Waals surface area contributed by atoms with E-state index in [-0.39, 0.29) is 5.54 Å². The van der Waals surface area contributed by atoms with E-state index in [2.05, 4.69) is 51.0 Å². The molecule has 1 aromatic rings. The van der Waals surface area contributed by atoms with Gasteiger partial charge in [-0.2, -0.15) is 0 Å². The van der Waals surface area contributed by atoms with Crippen LogP contribution in [0.1, 0.15) is 39.0 Å². The third-order valence-electron chi connectivity index (χ3n) is 3.55. The Morgan fingerprint density at radius 2 is 2.11 bits per heavy atom. The normalized spacial score (nSPS) is 14.2. The summed E-state index contributed by atoms with van der Waals surface area (Å²) < 4.78 is 0.872. The Bertz CT molecular complexity index is 362. The van der Waals surface area contributed by atoms with Crippen molar-refractivity contribution < 1.29 is 0 Å². The number of nitrogens with one attached hydrogen (secondary N) is 1. The van der Waals surface area contributed by atoms with Gasteiger partial charge in [0.1, 0.15) is 0 Å². The molecule has 0 amide bonds. The first-order valence-electron chi connectivity index (χ1n) is 6.53. The number of likely N-dealkylation sites (N-methyl/N-ethyl adjacent to an activating group) is 1. The van der Waals surface area contributed by atoms with Gasteiger partial charge in [-0.1, -0.05) is 18.5 Å². The van der Waals surface area contributed by atoms with Crippen LogP contribution in [-0.2, 0) is 6.54 Å². The lowest BCUT2D eigenvalue weighted by Gasteiger charge is -2.30. The van der Waals surface area contributed by atoms with Gasteiger partial charge in [0.2, 0.25) is 0 Å². The molecule has 1 aromatic heterocycles. The fourth-order valence-electron chi connectivity index (χ4n) is 1.54. The minimum absolute atomic E-state index is 0.224. The highest BCUT2D eigenvalue weighted by molar-refractivity contribution is 7.16. The van der Waals surface area contributed by atoms with E-state index in [0.29, 0.717) is 6.04 Å². The quantitative estimate of drug-likeness (QED) is 0.816. The Balaban J connectivity index is 2.39. The van der Waals surface area contributed by atoms with Gasteiger partial charge < -0.3 is 5.32 Å². The van der Waals surface area contributed by atoms with Crippen molar-refractivity contribution in [3.63, 3.8) is 0 Å². The summed E-state index contributed by atoms with van der Waals surface area (Å²) in [6.07, 6.45) is 1.14. The number of hydrogen-bond acceptors (Lipinski definition) is 3. The Hall–Kier alpha value is -0.0900. The van der Waals surface area contributed by atoms with Gasteiger partial charge in [0.15, 0.2) is 0 Å². The van der Waals surface area contributed by atoms with Crippen LogP contribution in [0.2, 0.25) is 4.34 Å². The van der Waals surface area contributed by atoms with Crippen molar-refractivity contribution in [3.8, 4) is 0 Å². The summed E-state index contributed by atoms with van der Waals surface area (Å²) >= 11 is 7.62. The van der Waals surface area contributed by atoms with Gasteiger partial charge in [0, 0.05) is 29.5 Å². The SMILES string of the molecule is CCC(C)(C)NCC(C)N(C)Cc1ccc(Cl)s1. The summed E-state index contributed by atoms with van der Waals surface area (Å²) in [6.45, 7) is 10.9. The second kappa shape index (κ2) is 6.90. The highest BCUT2D eigenvalue weighted by Gasteiger charge is 2.17. The molecule has 0 aliphatic heterocycles. The summed E-state index contributed by atoms with van der Waals surface area (Å²) in [4.78, 5) is 3.69.